The van der Waals surface area contributed by atoms with Crippen LogP contribution < -0.4 is 0 Å². The summed E-state index contributed by atoms with van der Waals surface area (Å²) in [5, 5.41) is 3.69. The van der Waals surface area contributed by atoms with Crippen LogP contribution in [0.25, 0.3) is 32.3 Å². The molecule has 0 aliphatic heterocycles. The molecule has 6 rings (SSSR count). The Kier molecular flexibility index (Phi) is 11.0. The van der Waals surface area contributed by atoms with Crippen LogP contribution in [0.1, 0.15) is 0 Å². The molecule has 0 saturated heterocycles. The molecule has 0 fully saturated rings. The van der Waals surface area contributed by atoms with Crippen LogP contribution in [-0.4, -0.2) is 38.9 Å². The number of hydrogen-bond acceptors (Lipinski definition) is 9. The van der Waals surface area contributed by atoms with Gasteiger partial charge in [-0.2, -0.15) is 0 Å². The molecule has 0 heterocycles. The van der Waals surface area contributed by atoms with Gasteiger partial charge in [0.25, 0.3) is 0 Å². The van der Waals surface area contributed by atoms with E-state index in [1.54, 1.807) is 109 Å². The molecule has 0 bridgehead atoms. The van der Waals surface area contributed by atoms with Crippen molar-refractivity contribution < 1.29 is 61.3 Å². The maximum atomic E-state index is 10.9. The minimum atomic E-state index is -4.38. The molecule has 9 nitrogen and oxygen atoms in total. The van der Waals surface area contributed by atoms with E-state index >= 15 is 0 Å². The molecule has 0 unspecified atom stereocenters. The van der Waals surface area contributed by atoms with E-state index in [1.807, 2.05) is 0 Å². The summed E-state index contributed by atoms with van der Waals surface area (Å²) >= 11 is 0. The number of rotatable bonds is 3. The Morgan fingerprint density at radius 2 is 0.535 bits per heavy atom. The van der Waals surface area contributed by atoms with Crippen molar-refractivity contribution in [3.63, 3.8) is 0 Å². The Balaban J connectivity index is 0.000000175. The van der Waals surface area contributed by atoms with Crippen LogP contribution >= 0.6 is 0 Å². The summed E-state index contributed by atoms with van der Waals surface area (Å²) in [6.45, 7) is 0. The molecule has 6 aromatic carbocycles. The normalized spacial score (nSPS) is 11.5. The molecule has 43 heavy (non-hydrogen) atoms. The monoisotopic (exact) mass is 728 g/mol. The van der Waals surface area contributed by atoms with E-state index in [4.69, 9.17) is 0 Å². The number of hydrogen-bond donors (Lipinski definition) is 0. The number of fused-ring (bicyclic) bond motifs is 3. The molecule has 0 N–H and O–H groups in total. The Morgan fingerprint density at radius 3 is 0.767 bits per heavy atom. The Bertz CT molecular complexity index is 1960. The minimum absolute atomic E-state index is 0. The fourth-order valence-electron chi connectivity index (χ4n) is 4.24. The van der Waals surface area contributed by atoms with Crippen molar-refractivity contribution in [2.75, 3.05) is 0 Å². The van der Waals surface area contributed by atoms with E-state index in [-0.39, 0.29) is 37.1 Å². The van der Waals surface area contributed by atoms with Crippen LogP contribution in [0.15, 0.2) is 142 Å². The topological polar surface area (TPSA) is 172 Å². The van der Waals surface area contributed by atoms with Crippen LogP contribution in [0, 0.1) is 0 Å². The van der Waals surface area contributed by atoms with Gasteiger partial charge in [-0.15, -0.1) is 0 Å². The Morgan fingerprint density at radius 1 is 0.326 bits per heavy atom. The maximum Gasteiger partial charge on any atom is 0.125 e. The third-order valence-corrected chi connectivity index (χ3v) is 8.74. The Hall–Kier alpha value is -3.43. The van der Waals surface area contributed by atoms with Gasteiger partial charge in [0.2, 0.25) is 0 Å². The van der Waals surface area contributed by atoms with Crippen LogP contribution in [-0.2, 0) is 52.7 Å². The van der Waals surface area contributed by atoms with Gasteiger partial charge in [0, 0.05) is 22.4 Å². The van der Waals surface area contributed by atoms with Gasteiger partial charge in [-0.25, -0.2) is 25.3 Å². The zero-order valence-electron chi connectivity index (χ0n) is 21.8. The third-order valence-electron chi connectivity index (χ3n) is 6.06. The van der Waals surface area contributed by atoms with E-state index in [9.17, 15) is 38.9 Å². The van der Waals surface area contributed by atoms with Gasteiger partial charge in [-0.05, 0) is 50.5 Å². The summed E-state index contributed by atoms with van der Waals surface area (Å²) in [4.78, 5) is -0.471. The fraction of sp³-hybridized carbons (Fsp3) is 0. The van der Waals surface area contributed by atoms with E-state index in [1.165, 1.54) is 18.2 Å². The van der Waals surface area contributed by atoms with Crippen molar-refractivity contribution in [2.45, 2.75) is 14.7 Å². The van der Waals surface area contributed by atoms with E-state index in [0.29, 0.717) is 16.2 Å². The van der Waals surface area contributed by atoms with Gasteiger partial charge >= 0.3 is 0 Å². The molecule has 0 aromatic heterocycles. The second kappa shape index (κ2) is 13.9. The van der Waals surface area contributed by atoms with Gasteiger partial charge in [-0.1, -0.05) is 109 Å². The van der Waals surface area contributed by atoms with Crippen molar-refractivity contribution >= 4 is 62.7 Å². The molecular formula is C30H21AgO9S3-3. The zero-order chi connectivity index (χ0) is 30.5. The van der Waals surface area contributed by atoms with Crippen molar-refractivity contribution in [3.05, 3.63) is 127 Å². The molecule has 227 valence electrons. The summed E-state index contributed by atoms with van der Waals surface area (Å²) in [7, 11) is -13.1. The smallest absolute Gasteiger partial charge is 0.125 e. The molecule has 0 spiro atoms. The van der Waals surface area contributed by atoms with Crippen molar-refractivity contribution in [2.24, 2.45) is 0 Å². The number of benzene rings is 6. The Labute approximate surface area is 264 Å². The summed E-state index contributed by atoms with van der Waals surface area (Å²) in [5.41, 5.74) is 0. The first-order valence-electron chi connectivity index (χ1n) is 12.1. The van der Waals surface area contributed by atoms with Crippen LogP contribution in [0.2, 0.25) is 0 Å². The molecule has 0 aliphatic carbocycles. The first-order valence-corrected chi connectivity index (χ1v) is 16.3. The van der Waals surface area contributed by atoms with Gasteiger partial charge in [0.15, 0.2) is 0 Å². The second-order valence-corrected chi connectivity index (χ2v) is 12.8. The predicted octanol–water partition coefficient (Wildman–Crippen LogP) is 5.23. The van der Waals surface area contributed by atoms with Crippen LogP contribution in [0.4, 0.5) is 0 Å². The average molecular weight is 730 g/mol. The molecule has 0 aliphatic rings. The van der Waals surface area contributed by atoms with Crippen LogP contribution in [0.5, 0.6) is 0 Å². The maximum absolute atomic E-state index is 10.9. The van der Waals surface area contributed by atoms with Gasteiger partial charge in [-0.3, -0.25) is 0 Å². The van der Waals surface area contributed by atoms with E-state index in [2.05, 4.69) is 0 Å². The molecular weight excluding hydrogens is 708 g/mol. The summed E-state index contributed by atoms with van der Waals surface area (Å²) in [6, 6.07) is 34.6. The molecule has 1 radical (unpaired) electrons. The van der Waals surface area contributed by atoms with Gasteiger partial charge in [0.1, 0.15) is 30.4 Å². The minimum Gasteiger partial charge on any atom is -0.744 e. The molecule has 6 aromatic rings. The molecule has 13 heteroatoms. The summed E-state index contributed by atoms with van der Waals surface area (Å²) in [6.07, 6.45) is 0. The van der Waals surface area contributed by atoms with Crippen molar-refractivity contribution in [3.8, 4) is 0 Å². The van der Waals surface area contributed by atoms with Crippen LogP contribution in [0.3, 0.4) is 0 Å². The van der Waals surface area contributed by atoms with E-state index in [0.717, 1.165) is 16.2 Å². The van der Waals surface area contributed by atoms with Gasteiger partial charge < -0.3 is 13.7 Å². The quantitative estimate of drug-likeness (QED) is 0.175. The first kappa shape index (κ1) is 34.1. The van der Waals surface area contributed by atoms with Gasteiger partial charge in [0.05, 0.1) is 14.7 Å². The van der Waals surface area contributed by atoms with E-state index < -0.39 is 30.4 Å². The first-order chi connectivity index (χ1) is 19.8. The van der Waals surface area contributed by atoms with Crippen molar-refractivity contribution in [1.29, 1.82) is 0 Å². The molecule has 0 saturated carbocycles. The van der Waals surface area contributed by atoms with Crippen molar-refractivity contribution in [1.82, 2.24) is 0 Å². The second-order valence-electron chi connectivity index (χ2n) is 8.79. The third kappa shape index (κ3) is 8.57. The predicted molar refractivity (Wildman–Crippen MR) is 156 cm³/mol. The molecule has 0 atom stereocenters. The largest absolute Gasteiger partial charge is 0.744 e. The SMILES string of the molecule is O=S(=O)([O-])c1cccc2ccccc12.O=S(=O)([O-])c1cccc2ccccc12.O=S(=O)([O-])c1cccc2ccccc12.[Ag]. The molecule has 0 amide bonds. The summed E-state index contributed by atoms with van der Waals surface area (Å²) < 4.78 is 98.0. The summed E-state index contributed by atoms with van der Waals surface area (Å²) in [5.74, 6) is 0. The average Bonchev–Trinajstić information content (AvgIpc) is 2.95. The standard InChI is InChI=1S/3C10H8O3S.Ag/c3*11-14(12,13)10-7-3-5-8-4-1-2-6-9(8)10;/h3*1-7H,(H,11,12,13);/p-3. The zero-order valence-corrected chi connectivity index (χ0v) is 25.8. The fourth-order valence-corrected chi connectivity index (χ4v) is 6.34.